The van der Waals surface area contributed by atoms with Crippen molar-refractivity contribution < 1.29 is 32.5 Å². The molecule has 1 fully saturated rings. The second-order valence-corrected chi connectivity index (χ2v) is 6.52. The van der Waals surface area contributed by atoms with Gasteiger partial charge in [0, 0.05) is 12.1 Å². The molecule has 0 radical (unpaired) electrons. The first-order valence-corrected chi connectivity index (χ1v) is 8.37. The van der Waals surface area contributed by atoms with E-state index in [0.29, 0.717) is 11.0 Å². The Hall–Kier alpha value is -3.96. The first kappa shape index (κ1) is 20.8. The molecule has 12 heteroatoms. The molecule has 9 nitrogen and oxygen atoms in total. The van der Waals surface area contributed by atoms with E-state index in [0.717, 1.165) is 18.2 Å². The molecule has 0 spiro atoms. The number of anilines is 1. The van der Waals surface area contributed by atoms with Gasteiger partial charge >= 0.3 is 6.03 Å². The van der Waals surface area contributed by atoms with E-state index in [1.54, 1.807) is 0 Å². The van der Waals surface area contributed by atoms with Crippen molar-refractivity contribution in [2.45, 2.75) is 12.5 Å². The van der Waals surface area contributed by atoms with Crippen LogP contribution in [0.25, 0.3) is 0 Å². The number of nitrogens with zero attached hydrogens (tertiary/aromatic N) is 2. The summed E-state index contributed by atoms with van der Waals surface area (Å²) in [6.45, 7) is 0.521. The lowest BCUT2D eigenvalue weighted by atomic mass is 9.92. The van der Waals surface area contributed by atoms with Crippen molar-refractivity contribution in [3.8, 4) is 0 Å². The molecule has 1 atom stereocenters. The number of nitrogens with one attached hydrogen (secondary N) is 2. The molecule has 1 unspecified atom stereocenters. The van der Waals surface area contributed by atoms with Crippen LogP contribution in [0.1, 0.15) is 12.5 Å². The van der Waals surface area contributed by atoms with Gasteiger partial charge in [0.15, 0.2) is 17.5 Å². The number of carbonyl (C=O) groups is 3. The van der Waals surface area contributed by atoms with E-state index < -0.39 is 58.0 Å². The number of non-ortho nitro benzene ring substituents is 1. The van der Waals surface area contributed by atoms with Crippen LogP contribution in [0.3, 0.4) is 0 Å². The predicted molar refractivity (Wildman–Crippen MR) is 95.6 cm³/mol. The lowest BCUT2D eigenvalue weighted by molar-refractivity contribution is -0.384. The van der Waals surface area contributed by atoms with Gasteiger partial charge in [-0.3, -0.25) is 24.6 Å². The van der Waals surface area contributed by atoms with Crippen molar-refractivity contribution in [1.82, 2.24) is 10.2 Å². The van der Waals surface area contributed by atoms with E-state index in [2.05, 4.69) is 5.32 Å². The van der Waals surface area contributed by atoms with E-state index in [4.69, 9.17) is 0 Å². The van der Waals surface area contributed by atoms with Gasteiger partial charge in [0.25, 0.3) is 11.6 Å². The van der Waals surface area contributed by atoms with Gasteiger partial charge < -0.3 is 10.6 Å². The number of carbonyl (C=O) groups excluding carboxylic acids is 3. The fourth-order valence-electron chi connectivity index (χ4n) is 2.91. The Labute approximate surface area is 166 Å². The molecule has 0 aromatic heterocycles. The number of urea groups is 1. The van der Waals surface area contributed by atoms with E-state index in [-0.39, 0.29) is 11.3 Å². The lowest BCUT2D eigenvalue weighted by Crippen LogP contribution is -2.42. The highest BCUT2D eigenvalue weighted by atomic mass is 19.2. The third kappa shape index (κ3) is 3.54. The maximum Gasteiger partial charge on any atom is 0.325 e. The molecule has 1 aliphatic rings. The number of halogens is 3. The number of nitro benzene ring substituents is 1. The maximum atomic E-state index is 13.7. The van der Waals surface area contributed by atoms with E-state index in [9.17, 15) is 37.7 Å². The number of nitro groups is 1. The Kier molecular flexibility index (Phi) is 5.16. The topological polar surface area (TPSA) is 122 Å². The minimum atomic E-state index is -1.78. The normalized spacial score (nSPS) is 18.3. The first-order valence-electron chi connectivity index (χ1n) is 8.37. The summed E-state index contributed by atoms with van der Waals surface area (Å²) in [7, 11) is 0. The number of rotatable bonds is 5. The number of hydrogen-bond acceptors (Lipinski definition) is 5. The molecule has 1 heterocycles. The molecule has 1 aliphatic heterocycles. The maximum absolute atomic E-state index is 13.7. The Morgan fingerprint density at radius 1 is 1.13 bits per heavy atom. The van der Waals surface area contributed by atoms with Crippen molar-refractivity contribution >= 4 is 29.2 Å². The van der Waals surface area contributed by atoms with Gasteiger partial charge in [-0.15, -0.1) is 0 Å². The molecule has 1 saturated heterocycles. The van der Waals surface area contributed by atoms with Crippen LogP contribution in [0.5, 0.6) is 0 Å². The van der Waals surface area contributed by atoms with E-state index in [1.165, 1.54) is 19.1 Å². The molecule has 2 aromatic rings. The van der Waals surface area contributed by atoms with Crippen LogP contribution in [0.15, 0.2) is 36.4 Å². The Morgan fingerprint density at radius 2 is 1.77 bits per heavy atom. The number of amides is 4. The zero-order valence-corrected chi connectivity index (χ0v) is 15.2. The third-order valence-corrected chi connectivity index (χ3v) is 4.54. The highest BCUT2D eigenvalue weighted by Crippen LogP contribution is 2.30. The highest BCUT2D eigenvalue weighted by Gasteiger charge is 2.49. The summed E-state index contributed by atoms with van der Waals surface area (Å²) in [4.78, 5) is 47.8. The minimum Gasteiger partial charge on any atom is -0.322 e. The monoisotopic (exact) mass is 422 g/mol. The molecule has 0 aliphatic carbocycles. The highest BCUT2D eigenvalue weighted by molar-refractivity contribution is 6.10. The summed E-state index contributed by atoms with van der Waals surface area (Å²) in [5, 5.41) is 15.1. The summed E-state index contributed by atoms with van der Waals surface area (Å²) < 4.78 is 39.9. The van der Waals surface area contributed by atoms with Crippen molar-refractivity contribution in [2.75, 3.05) is 11.9 Å². The number of benzene rings is 2. The predicted octanol–water partition coefficient (Wildman–Crippen LogP) is 2.42. The van der Waals surface area contributed by atoms with Crippen molar-refractivity contribution in [2.24, 2.45) is 0 Å². The van der Waals surface area contributed by atoms with Crippen LogP contribution in [0, 0.1) is 27.6 Å². The van der Waals surface area contributed by atoms with Crippen LogP contribution >= 0.6 is 0 Å². The van der Waals surface area contributed by atoms with Crippen molar-refractivity contribution in [3.63, 3.8) is 0 Å². The second kappa shape index (κ2) is 7.46. The van der Waals surface area contributed by atoms with Crippen LogP contribution < -0.4 is 10.6 Å². The molecule has 156 valence electrons. The zero-order chi connectivity index (χ0) is 22.2. The lowest BCUT2D eigenvalue weighted by Gasteiger charge is -2.22. The standard InChI is InChI=1S/C18H13F3N4O5/c1-18(9-2-4-10(5-3-9)25(29)30)16(27)24(17(28)23-18)8-13(26)22-12-7-6-11(19)14(20)15(12)21/h2-7H,8H2,1H3,(H,22,26)(H,23,28). The molecule has 4 amide bonds. The zero-order valence-electron chi connectivity index (χ0n) is 15.2. The summed E-state index contributed by atoms with van der Waals surface area (Å²) in [5.74, 6) is -6.72. The molecular formula is C18H13F3N4O5. The van der Waals surface area contributed by atoms with Gasteiger partial charge in [-0.05, 0) is 36.8 Å². The van der Waals surface area contributed by atoms with Gasteiger partial charge in [-0.25, -0.2) is 18.0 Å². The summed E-state index contributed by atoms with van der Waals surface area (Å²) in [6.07, 6.45) is 0. The first-order chi connectivity index (χ1) is 14.0. The summed E-state index contributed by atoms with van der Waals surface area (Å²) in [5.41, 5.74) is -2.24. The molecule has 30 heavy (non-hydrogen) atoms. The van der Waals surface area contributed by atoms with Gasteiger partial charge in [-0.2, -0.15) is 0 Å². The quantitative estimate of drug-likeness (QED) is 0.332. The second-order valence-electron chi connectivity index (χ2n) is 6.52. The van der Waals surface area contributed by atoms with Crippen LogP contribution in [-0.4, -0.2) is 34.2 Å². The van der Waals surface area contributed by atoms with Gasteiger partial charge in [0.2, 0.25) is 5.91 Å². The van der Waals surface area contributed by atoms with Crippen molar-refractivity contribution in [1.29, 1.82) is 0 Å². The van der Waals surface area contributed by atoms with Gasteiger partial charge in [-0.1, -0.05) is 0 Å². The molecule has 2 aromatic carbocycles. The minimum absolute atomic E-state index is 0.219. The van der Waals surface area contributed by atoms with Crippen LogP contribution in [0.2, 0.25) is 0 Å². The average Bonchev–Trinajstić information content (AvgIpc) is 2.92. The Balaban J connectivity index is 1.77. The Bertz CT molecular complexity index is 1080. The van der Waals surface area contributed by atoms with E-state index >= 15 is 0 Å². The number of hydrogen-bond donors (Lipinski definition) is 2. The SMILES string of the molecule is CC1(c2ccc([N+](=O)[O-])cc2)NC(=O)N(CC(=O)Nc2ccc(F)c(F)c2F)C1=O. The Morgan fingerprint density at radius 3 is 2.37 bits per heavy atom. The van der Waals surface area contributed by atoms with Gasteiger partial charge in [0.05, 0.1) is 10.6 Å². The molecule has 3 rings (SSSR count). The molecule has 0 saturated carbocycles. The van der Waals surface area contributed by atoms with E-state index in [1.807, 2.05) is 5.32 Å². The van der Waals surface area contributed by atoms with Crippen LogP contribution in [0.4, 0.5) is 29.3 Å². The third-order valence-electron chi connectivity index (χ3n) is 4.54. The number of imide groups is 1. The fraction of sp³-hybridized carbons (Fsp3) is 0.167. The van der Waals surface area contributed by atoms with Crippen molar-refractivity contribution in [3.05, 3.63) is 69.5 Å². The largest absolute Gasteiger partial charge is 0.325 e. The van der Waals surface area contributed by atoms with Gasteiger partial charge in [0.1, 0.15) is 12.1 Å². The smallest absolute Gasteiger partial charge is 0.322 e. The fourth-order valence-corrected chi connectivity index (χ4v) is 2.91. The average molecular weight is 422 g/mol. The summed E-state index contributed by atoms with van der Waals surface area (Å²) >= 11 is 0. The molecule has 0 bridgehead atoms. The molecular weight excluding hydrogens is 409 g/mol. The molecule has 2 N–H and O–H groups in total. The van der Waals surface area contributed by atoms with Crippen LogP contribution in [-0.2, 0) is 15.1 Å². The summed E-state index contributed by atoms with van der Waals surface area (Å²) in [6, 6.07) is 5.35.